The Bertz CT molecular complexity index is 1000. The fraction of sp³-hybridized carbons (Fsp3) is 0.320. The van der Waals surface area contributed by atoms with Gasteiger partial charge < -0.3 is 14.3 Å². The van der Waals surface area contributed by atoms with Gasteiger partial charge in [-0.2, -0.15) is 0 Å². The number of nitrogens with zero attached hydrogens (tertiary/aromatic N) is 1. The summed E-state index contributed by atoms with van der Waals surface area (Å²) >= 11 is 1.42. The van der Waals surface area contributed by atoms with Crippen molar-refractivity contribution in [2.24, 2.45) is 5.16 Å². The van der Waals surface area contributed by atoms with Crippen molar-refractivity contribution < 1.29 is 18.7 Å². The van der Waals surface area contributed by atoms with Crippen molar-refractivity contribution in [2.45, 2.75) is 24.3 Å². The molecule has 0 bridgehead atoms. The third-order valence-electron chi connectivity index (χ3n) is 5.16. The Balaban J connectivity index is 1.76. The van der Waals surface area contributed by atoms with Gasteiger partial charge in [-0.15, -0.1) is 11.8 Å². The van der Waals surface area contributed by atoms with Crippen LogP contribution in [0.25, 0.3) is 17.2 Å². The molecule has 1 aliphatic rings. The summed E-state index contributed by atoms with van der Waals surface area (Å²) in [6, 6.07) is 11.8. The van der Waals surface area contributed by atoms with Gasteiger partial charge >= 0.3 is 0 Å². The van der Waals surface area contributed by atoms with Gasteiger partial charge in [0.15, 0.2) is 0 Å². The van der Waals surface area contributed by atoms with E-state index in [4.69, 9.17) is 14.3 Å². The van der Waals surface area contributed by atoms with Gasteiger partial charge in [-0.25, -0.2) is 4.39 Å². The molecule has 1 aliphatic carbocycles. The molecule has 1 unspecified atom stereocenters. The Hall–Kier alpha value is -2.41. The number of hydrogen-bond acceptors (Lipinski definition) is 5. The molecule has 2 aromatic rings. The lowest BCUT2D eigenvalue weighted by atomic mass is 10.0. The van der Waals surface area contributed by atoms with Gasteiger partial charge in [-0.3, -0.25) is 0 Å². The summed E-state index contributed by atoms with van der Waals surface area (Å²) in [4.78, 5) is 6.09. The van der Waals surface area contributed by atoms with Crippen LogP contribution in [0.15, 0.2) is 52.5 Å². The first-order valence-corrected chi connectivity index (χ1v) is 11.3. The molecule has 0 heterocycles. The number of benzene rings is 2. The smallest absolute Gasteiger partial charge is 0.137 e. The number of oxime groups is 1. The molecule has 0 fully saturated rings. The van der Waals surface area contributed by atoms with E-state index in [0.29, 0.717) is 24.5 Å². The maximum absolute atomic E-state index is 14.3. The lowest BCUT2D eigenvalue weighted by Crippen LogP contribution is -2.18. The molecule has 0 aromatic heterocycles. The van der Waals surface area contributed by atoms with Crippen molar-refractivity contribution >= 4 is 35.2 Å². The number of allylic oxidation sites excluding steroid dienone is 2. The molecular weight excluding hydrogens is 413 g/mol. The maximum Gasteiger partial charge on any atom is 0.137 e. The lowest BCUT2D eigenvalue weighted by molar-refractivity contribution is 0.0666. The van der Waals surface area contributed by atoms with Gasteiger partial charge in [0.1, 0.15) is 18.5 Å². The van der Waals surface area contributed by atoms with Crippen LogP contribution in [0.3, 0.4) is 0 Å². The first kappa shape index (κ1) is 23.3. The number of hydrogen-bond donors (Lipinski definition) is 0. The Morgan fingerprint density at radius 3 is 2.65 bits per heavy atom. The van der Waals surface area contributed by atoms with Gasteiger partial charge in [0.05, 0.1) is 12.8 Å². The Morgan fingerprint density at radius 2 is 1.94 bits per heavy atom. The zero-order valence-corrected chi connectivity index (χ0v) is 19.2. The van der Waals surface area contributed by atoms with Crippen molar-refractivity contribution in [3.63, 3.8) is 0 Å². The minimum Gasteiger partial charge on any atom is -0.396 e. The van der Waals surface area contributed by atoms with Gasteiger partial charge in [0.25, 0.3) is 0 Å². The number of thioether (sulfide) groups is 1. The van der Waals surface area contributed by atoms with E-state index < -0.39 is 0 Å². The molecule has 3 rings (SSSR count). The van der Waals surface area contributed by atoms with Crippen LogP contribution in [0, 0.1) is 12.7 Å². The number of methoxy groups -OCH3 is 2. The number of ether oxygens (including phenoxy) is 2. The molecule has 31 heavy (non-hydrogen) atoms. The van der Waals surface area contributed by atoms with Crippen molar-refractivity contribution in [1.82, 2.24) is 0 Å². The second-order valence-corrected chi connectivity index (χ2v) is 8.07. The van der Waals surface area contributed by atoms with Crippen molar-refractivity contribution in [3.8, 4) is 0 Å². The topological polar surface area (TPSA) is 40.0 Å². The van der Waals surface area contributed by atoms with Gasteiger partial charge in [0.2, 0.25) is 0 Å². The summed E-state index contributed by atoms with van der Waals surface area (Å²) in [5.74, 6) is -0.186. The predicted molar refractivity (Wildman–Crippen MR) is 127 cm³/mol. The highest BCUT2D eigenvalue weighted by atomic mass is 32.2. The molecule has 0 aliphatic heterocycles. The van der Waals surface area contributed by atoms with Crippen LogP contribution >= 0.6 is 11.8 Å². The molecule has 164 valence electrons. The van der Waals surface area contributed by atoms with E-state index in [1.165, 1.54) is 22.9 Å². The quantitative estimate of drug-likeness (QED) is 0.201. The highest BCUT2D eigenvalue weighted by Crippen LogP contribution is 2.38. The van der Waals surface area contributed by atoms with Crippen LogP contribution in [0.4, 0.5) is 4.39 Å². The highest BCUT2D eigenvalue weighted by Gasteiger charge is 2.18. The molecule has 6 heteroatoms. The molecule has 0 N–H and O–H groups in total. The monoisotopic (exact) mass is 441 g/mol. The fourth-order valence-corrected chi connectivity index (χ4v) is 4.04. The van der Waals surface area contributed by atoms with Gasteiger partial charge in [-0.05, 0) is 64.8 Å². The second kappa shape index (κ2) is 11.3. The molecule has 0 amide bonds. The molecule has 0 radical (unpaired) electrons. The Labute approximate surface area is 187 Å². The standard InChI is InChI=1S/C25H28FNO3S/c1-17-11-25(31-4)24(26)14-19(17)13-20-12-18(22-7-5-6-8-23(20)22)9-10-30-27-15-21(29-3)16-28-2/h5-8,11-15,21H,9-10,16H2,1-4H3/b20-13-,27-15?. The largest absolute Gasteiger partial charge is 0.396 e. The third-order valence-corrected chi connectivity index (χ3v) is 5.92. The molecule has 0 saturated carbocycles. The van der Waals surface area contributed by atoms with E-state index in [0.717, 1.165) is 22.3 Å². The normalized spacial score (nSPS) is 15.4. The van der Waals surface area contributed by atoms with Crippen molar-refractivity contribution in [1.29, 1.82) is 0 Å². The zero-order valence-electron chi connectivity index (χ0n) is 18.4. The molecule has 0 spiro atoms. The summed E-state index contributed by atoms with van der Waals surface area (Å²) < 4.78 is 24.6. The van der Waals surface area contributed by atoms with Crippen LogP contribution in [-0.4, -0.2) is 46.0 Å². The average Bonchev–Trinajstić information content (AvgIpc) is 3.12. The Kier molecular flexibility index (Phi) is 8.46. The predicted octanol–water partition coefficient (Wildman–Crippen LogP) is 5.85. The first-order valence-electron chi connectivity index (χ1n) is 10.1. The van der Waals surface area contributed by atoms with E-state index >= 15 is 0 Å². The molecule has 1 atom stereocenters. The zero-order chi connectivity index (χ0) is 22.2. The minimum atomic E-state index is -0.230. The Morgan fingerprint density at radius 1 is 1.16 bits per heavy atom. The molecular formula is C25H28FNO3S. The van der Waals surface area contributed by atoms with E-state index in [-0.39, 0.29) is 11.9 Å². The number of aryl methyl sites for hydroxylation is 1. The third kappa shape index (κ3) is 5.85. The molecule has 0 saturated heterocycles. The maximum atomic E-state index is 14.3. The molecule has 2 aromatic carbocycles. The summed E-state index contributed by atoms with van der Waals surface area (Å²) in [5.41, 5.74) is 6.52. The van der Waals surface area contributed by atoms with Crippen LogP contribution < -0.4 is 0 Å². The summed E-state index contributed by atoms with van der Waals surface area (Å²) in [6.07, 6.45) is 8.18. The van der Waals surface area contributed by atoms with Crippen LogP contribution in [0.2, 0.25) is 0 Å². The van der Waals surface area contributed by atoms with Crippen molar-refractivity contribution in [2.75, 3.05) is 33.7 Å². The fourth-order valence-electron chi connectivity index (χ4n) is 3.49. The lowest BCUT2D eigenvalue weighted by Gasteiger charge is -2.08. The number of halogens is 1. The van der Waals surface area contributed by atoms with Gasteiger partial charge in [-0.1, -0.05) is 35.5 Å². The summed E-state index contributed by atoms with van der Waals surface area (Å²) in [5, 5.41) is 3.99. The average molecular weight is 442 g/mol. The van der Waals surface area contributed by atoms with E-state index in [9.17, 15) is 4.39 Å². The van der Waals surface area contributed by atoms with Crippen molar-refractivity contribution in [3.05, 3.63) is 70.5 Å². The highest BCUT2D eigenvalue weighted by molar-refractivity contribution is 7.98. The SMILES string of the molecule is COCC(C=NOCCC1=C/C(=C/c2cc(F)c(SC)cc2C)c2ccccc21)OC. The minimum absolute atomic E-state index is 0.186. The second-order valence-electron chi connectivity index (χ2n) is 7.23. The van der Waals surface area contributed by atoms with E-state index in [2.05, 4.69) is 29.4 Å². The van der Waals surface area contributed by atoms with E-state index in [1.807, 2.05) is 31.4 Å². The van der Waals surface area contributed by atoms with Crippen LogP contribution in [0.5, 0.6) is 0 Å². The summed E-state index contributed by atoms with van der Waals surface area (Å²) in [7, 11) is 3.22. The summed E-state index contributed by atoms with van der Waals surface area (Å²) in [6.45, 7) is 2.89. The van der Waals surface area contributed by atoms with E-state index in [1.54, 1.807) is 26.5 Å². The van der Waals surface area contributed by atoms with Gasteiger partial charge in [0, 0.05) is 25.5 Å². The molecule has 4 nitrogen and oxygen atoms in total. The van der Waals surface area contributed by atoms with Crippen LogP contribution in [-0.2, 0) is 14.3 Å². The first-order chi connectivity index (χ1) is 15.1. The number of rotatable bonds is 10. The number of fused-ring (bicyclic) bond motifs is 1. The van der Waals surface area contributed by atoms with Crippen LogP contribution in [0.1, 0.15) is 28.7 Å².